The zero-order valence-electron chi connectivity index (χ0n) is 12.3. The highest BCUT2D eigenvalue weighted by molar-refractivity contribution is 7.99. The van der Waals surface area contributed by atoms with Gasteiger partial charge in [-0.3, -0.25) is 9.69 Å². The molecule has 2 heterocycles. The molecule has 0 aliphatic carbocycles. The number of alkyl halides is 3. The molecule has 0 spiro atoms. The summed E-state index contributed by atoms with van der Waals surface area (Å²) >= 11 is 1.83. The molecule has 128 valence electrons. The smallest absolute Gasteiger partial charge is 0.379 e. The predicted molar refractivity (Wildman–Crippen MR) is 76.9 cm³/mol. The van der Waals surface area contributed by atoms with Crippen LogP contribution < -0.4 is 5.32 Å². The van der Waals surface area contributed by atoms with Crippen molar-refractivity contribution in [2.24, 2.45) is 0 Å². The van der Waals surface area contributed by atoms with Crippen LogP contribution in [0, 0.1) is 0 Å². The Morgan fingerprint density at radius 2 is 2.09 bits per heavy atom. The maximum atomic E-state index is 12.0. The van der Waals surface area contributed by atoms with E-state index >= 15 is 0 Å². The quantitative estimate of drug-likeness (QED) is 0.777. The largest absolute Gasteiger partial charge is 0.411 e. The van der Waals surface area contributed by atoms with Crippen molar-refractivity contribution >= 4 is 17.7 Å². The van der Waals surface area contributed by atoms with Gasteiger partial charge in [0.2, 0.25) is 5.91 Å². The topological polar surface area (TPSA) is 50.8 Å². The van der Waals surface area contributed by atoms with E-state index in [1.807, 2.05) is 11.8 Å². The lowest BCUT2D eigenvalue weighted by Crippen LogP contribution is -2.59. The minimum Gasteiger partial charge on any atom is -0.379 e. The Bertz CT molecular complexity index is 370. The van der Waals surface area contributed by atoms with Crippen molar-refractivity contribution in [1.29, 1.82) is 0 Å². The summed E-state index contributed by atoms with van der Waals surface area (Å²) < 4.78 is 45.6. The van der Waals surface area contributed by atoms with Crippen LogP contribution in [0.25, 0.3) is 0 Å². The van der Waals surface area contributed by atoms with E-state index in [4.69, 9.17) is 4.74 Å². The molecule has 0 aromatic carbocycles. The lowest BCUT2D eigenvalue weighted by Gasteiger charge is -2.43. The van der Waals surface area contributed by atoms with Crippen LogP contribution in [0.15, 0.2) is 0 Å². The van der Waals surface area contributed by atoms with Gasteiger partial charge >= 0.3 is 6.18 Å². The molecule has 2 saturated heterocycles. The summed E-state index contributed by atoms with van der Waals surface area (Å²) in [6.45, 7) is 1.47. The van der Waals surface area contributed by atoms with Crippen LogP contribution in [-0.2, 0) is 14.3 Å². The van der Waals surface area contributed by atoms with Crippen molar-refractivity contribution in [3.05, 3.63) is 0 Å². The normalized spacial score (nSPS) is 27.0. The van der Waals surface area contributed by atoms with Gasteiger partial charge in [0.05, 0.1) is 13.2 Å². The molecule has 1 unspecified atom stereocenters. The Balaban J connectivity index is 1.78. The number of carbonyl (C=O) groups excluding carboxylic acids is 1. The maximum absolute atomic E-state index is 12.0. The number of nitrogens with zero attached hydrogens (tertiary/aromatic N) is 1. The summed E-state index contributed by atoms with van der Waals surface area (Å²) in [5, 5.41) is 2.72. The summed E-state index contributed by atoms with van der Waals surface area (Å²) in [7, 11) is 0. The number of rotatable bonds is 6. The van der Waals surface area contributed by atoms with Crippen LogP contribution in [0.3, 0.4) is 0 Å². The van der Waals surface area contributed by atoms with Crippen LogP contribution in [0.5, 0.6) is 0 Å². The molecule has 2 aliphatic rings. The summed E-state index contributed by atoms with van der Waals surface area (Å²) in [5.41, 5.74) is -0.117. The third-order valence-corrected chi connectivity index (χ3v) is 5.11. The molecule has 22 heavy (non-hydrogen) atoms. The fourth-order valence-corrected chi connectivity index (χ4v) is 4.19. The highest BCUT2D eigenvalue weighted by atomic mass is 32.2. The van der Waals surface area contributed by atoms with Gasteiger partial charge in [0, 0.05) is 30.9 Å². The van der Waals surface area contributed by atoms with E-state index in [2.05, 4.69) is 15.0 Å². The Hall–Kier alpha value is -0.510. The highest BCUT2D eigenvalue weighted by Crippen LogP contribution is 2.33. The lowest BCUT2D eigenvalue weighted by atomic mass is 9.95. The van der Waals surface area contributed by atoms with E-state index in [1.54, 1.807) is 0 Å². The number of morpholine rings is 1. The zero-order valence-corrected chi connectivity index (χ0v) is 13.1. The van der Waals surface area contributed by atoms with Gasteiger partial charge in [0.25, 0.3) is 0 Å². The molecule has 2 fully saturated rings. The SMILES string of the molecule is O=C(COCC(F)(F)F)NCC1(N2CCOCC2)CCSC1. The van der Waals surface area contributed by atoms with E-state index in [0.29, 0.717) is 19.8 Å². The van der Waals surface area contributed by atoms with Crippen molar-refractivity contribution in [1.82, 2.24) is 10.2 Å². The number of nitrogens with one attached hydrogen (secondary N) is 1. The summed E-state index contributed by atoms with van der Waals surface area (Å²) in [6.07, 6.45) is -3.45. The van der Waals surface area contributed by atoms with Crippen LogP contribution in [0.4, 0.5) is 13.2 Å². The molecule has 0 bridgehead atoms. The molecule has 0 aromatic rings. The van der Waals surface area contributed by atoms with E-state index in [9.17, 15) is 18.0 Å². The fraction of sp³-hybridized carbons (Fsp3) is 0.923. The molecule has 0 saturated carbocycles. The Labute approximate surface area is 131 Å². The third kappa shape index (κ3) is 5.29. The average Bonchev–Trinajstić information content (AvgIpc) is 2.95. The van der Waals surface area contributed by atoms with Gasteiger partial charge in [-0.05, 0) is 12.2 Å². The van der Waals surface area contributed by atoms with E-state index in [1.165, 1.54) is 0 Å². The second-order valence-electron chi connectivity index (χ2n) is 5.51. The molecule has 2 aliphatic heterocycles. The Kier molecular flexibility index (Phi) is 6.36. The molecular weight excluding hydrogens is 321 g/mol. The van der Waals surface area contributed by atoms with Gasteiger partial charge in [-0.2, -0.15) is 24.9 Å². The molecular formula is C13H21F3N2O3S. The number of carbonyl (C=O) groups is 1. The first kappa shape index (κ1) is 17.8. The monoisotopic (exact) mass is 342 g/mol. The van der Waals surface area contributed by atoms with Crippen LogP contribution >= 0.6 is 11.8 Å². The molecule has 0 radical (unpaired) electrons. The minimum absolute atomic E-state index is 0.117. The molecule has 1 atom stereocenters. The molecule has 5 nitrogen and oxygen atoms in total. The minimum atomic E-state index is -4.41. The van der Waals surface area contributed by atoms with Gasteiger partial charge in [-0.1, -0.05) is 0 Å². The van der Waals surface area contributed by atoms with Crippen LogP contribution in [0.1, 0.15) is 6.42 Å². The third-order valence-electron chi connectivity index (χ3n) is 3.88. The van der Waals surface area contributed by atoms with Crippen molar-refractivity contribution in [2.45, 2.75) is 18.1 Å². The summed E-state index contributed by atoms with van der Waals surface area (Å²) in [4.78, 5) is 14.0. The van der Waals surface area contributed by atoms with Crippen molar-refractivity contribution in [3.8, 4) is 0 Å². The standard InChI is InChI=1S/C13H21F3N2O3S/c14-13(15,16)9-21-7-11(19)17-8-12(1-6-22-10-12)18-2-4-20-5-3-18/h1-10H2,(H,17,19). The van der Waals surface area contributed by atoms with Crippen LogP contribution in [0.2, 0.25) is 0 Å². The van der Waals surface area contributed by atoms with Crippen molar-refractivity contribution in [2.75, 3.05) is 57.6 Å². The van der Waals surface area contributed by atoms with Crippen LogP contribution in [-0.4, -0.2) is 80.1 Å². The van der Waals surface area contributed by atoms with Gasteiger partial charge < -0.3 is 14.8 Å². The predicted octanol–water partition coefficient (Wildman–Crippen LogP) is 0.889. The zero-order chi connectivity index (χ0) is 16.1. The first-order valence-corrected chi connectivity index (χ1v) is 8.39. The van der Waals surface area contributed by atoms with E-state index in [-0.39, 0.29) is 5.54 Å². The van der Waals surface area contributed by atoms with Gasteiger partial charge in [0.15, 0.2) is 0 Å². The maximum Gasteiger partial charge on any atom is 0.411 e. The number of hydrogen-bond donors (Lipinski definition) is 1. The Morgan fingerprint density at radius 1 is 1.36 bits per heavy atom. The number of ether oxygens (including phenoxy) is 2. The second-order valence-corrected chi connectivity index (χ2v) is 6.62. The fourth-order valence-electron chi connectivity index (χ4n) is 2.71. The lowest BCUT2D eigenvalue weighted by molar-refractivity contribution is -0.175. The van der Waals surface area contributed by atoms with Gasteiger partial charge in [0.1, 0.15) is 13.2 Å². The summed E-state index contributed by atoms with van der Waals surface area (Å²) in [5.74, 6) is 1.43. The number of amides is 1. The Morgan fingerprint density at radius 3 is 2.68 bits per heavy atom. The number of hydrogen-bond acceptors (Lipinski definition) is 5. The first-order chi connectivity index (χ1) is 10.4. The second kappa shape index (κ2) is 7.85. The number of halogens is 3. The van der Waals surface area contributed by atoms with Crippen molar-refractivity contribution in [3.63, 3.8) is 0 Å². The summed E-state index contributed by atoms with van der Waals surface area (Å²) in [6, 6.07) is 0. The van der Waals surface area contributed by atoms with Crippen molar-refractivity contribution < 1.29 is 27.4 Å². The van der Waals surface area contributed by atoms with E-state index in [0.717, 1.165) is 31.0 Å². The van der Waals surface area contributed by atoms with Gasteiger partial charge in [-0.15, -0.1) is 0 Å². The highest BCUT2D eigenvalue weighted by Gasteiger charge is 2.40. The molecule has 2 rings (SSSR count). The molecule has 0 aromatic heterocycles. The molecule has 1 N–H and O–H groups in total. The molecule has 1 amide bonds. The first-order valence-electron chi connectivity index (χ1n) is 7.23. The number of thioether (sulfide) groups is 1. The van der Waals surface area contributed by atoms with E-state index < -0.39 is 25.3 Å². The van der Waals surface area contributed by atoms with Gasteiger partial charge in [-0.25, -0.2) is 0 Å². The average molecular weight is 342 g/mol. The molecule has 9 heteroatoms.